The van der Waals surface area contributed by atoms with Crippen LogP contribution in [0, 0.1) is 0 Å². The number of hydrogen-bond acceptors (Lipinski definition) is 2. The maximum absolute atomic E-state index is 2.49. The molecule has 1 saturated heterocycles. The van der Waals surface area contributed by atoms with E-state index >= 15 is 0 Å². The molecule has 1 aromatic carbocycles. The lowest BCUT2D eigenvalue weighted by Gasteiger charge is -2.41. The second-order valence-electron chi connectivity index (χ2n) is 6.60. The third-order valence-corrected chi connectivity index (χ3v) is 8.10. The van der Waals surface area contributed by atoms with Gasteiger partial charge in [-0.05, 0) is 36.7 Å². The first-order valence-corrected chi connectivity index (χ1v) is 10.4. The van der Waals surface area contributed by atoms with Gasteiger partial charge < -0.3 is 0 Å². The summed E-state index contributed by atoms with van der Waals surface area (Å²) < 4.78 is 0.408. The molecule has 0 nitrogen and oxygen atoms in total. The smallest absolute Gasteiger partial charge is 0.0229 e. The quantitative estimate of drug-likeness (QED) is 0.500. The zero-order chi connectivity index (χ0) is 15.3. The van der Waals surface area contributed by atoms with Crippen molar-refractivity contribution in [2.24, 2.45) is 0 Å². The van der Waals surface area contributed by atoms with Gasteiger partial charge in [0.05, 0.1) is 0 Å². The van der Waals surface area contributed by atoms with E-state index in [0.29, 0.717) is 10.2 Å². The van der Waals surface area contributed by atoms with Crippen molar-refractivity contribution >= 4 is 23.5 Å². The molecule has 1 heterocycles. The standard InChI is InChI=1S/C19H30S2/c1-5-18(4,21-14-17-13-20-17)15-19(6-2,7-3)16-11-9-8-10-12-16/h8-12,17H,5-7,13-15H2,1-4H3/t17-,18?/m0/s1. The predicted molar refractivity (Wildman–Crippen MR) is 101 cm³/mol. The van der Waals surface area contributed by atoms with Crippen LogP contribution in [0.15, 0.2) is 30.3 Å². The highest BCUT2D eigenvalue weighted by atomic mass is 32.2. The summed E-state index contributed by atoms with van der Waals surface area (Å²) >= 11 is 4.35. The number of rotatable bonds is 9. The molecule has 1 unspecified atom stereocenters. The zero-order valence-electron chi connectivity index (χ0n) is 14.0. The molecule has 1 aromatic rings. The van der Waals surface area contributed by atoms with Crippen molar-refractivity contribution in [1.82, 2.24) is 0 Å². The molecule has 1 aliphatic heterocycles. The summed E-state index contributed by atoms with van der Waals surface area (Å²) in [5.74, 6) is 2.73. The Morgan fingerprint density at radius 1 is 1.10 bits per heavy atom. The molecule has 21 heavy (non-hydrogen) atoms. The molecule has 1 fully saturated rings. The van der Waals surface area contributed by atoms with Crippen LogP contribution in [0.2, 0.25) is 0 Å². The maximum atomic E-state index is 2.49. The zero-order valence-corrected chi connectivity index (χ0v) is 15.7. The summed E-state index contributed by atoms with van der Waals surface area (Å²) in [6.07, 6.45) is 5.04. The second-order valence-corrected chi connectivity index (χ2v) is 9.54. The van der Waals surface area contributed by atoms with Gasteiger partial charge in [0.2, 0.25) is 0 Å². The van der Waals surface area contributed by atoms with Gasteiger partial charge in [-0.3, -0.25) is 0 Å². The summed E-state index contributed by atoms with van der Waals surface area (Å²) in [5, 5.41) is 0.940. The first-order chi connectivity index (χ1) is 10.1. The molecule has 2 heteroatoms. The Morgan fingerprint density at radius 2 is 1.71 bits per heavy atom. The van der Waals surface area contributed by atoms with E-state index in [0.717, 1.165) is 5.25 Å². The van der Waals surface area contributed by atoms with Crippen LogP contribution in [0.25, 0.3) is 0 Å². The van der Waals surface area contributed by atoms with E-state index in [1.165, 1.54) is 42.8 Å². The summed E-state index contributed by atoms with van der Waals surface area (Å²) in [6.45, 7) is 9.60. The van der Waals surface area contributed by atoms with Crippen molar-refractivity contribution in [2.45, 2.75) is 68.8 Å². The van der Waals surface area contributed by atoms with Gasteiger partial charge >= 0.3 is 0 Å². The lowest BCUT2D eigenvalue weighted by atomic mass is 9.69. The maximum Gasteiger partial charge on any atom is 0.0229 e. The van der Waals surface area contributed by atoms with Crippen LogP contribution in [0.3, 0.4) is 0 Å². The Kier molecular flexibility index (Phi) is 6.14. The minimum absolute atomic E-state index is 0.343. The van der Waals surface area contributed by atoms with Gasteiger partial charge in [0.15, 0.2) is 0 Å². The van der Waals surface area contributed by atoms with E-state index in [1.54, 1.807) is 0 Å². The Balaban J connectivity index is 2.16. The lowest BCUT2D eigenvalue weighted by Crippen LogP contribution is -2.35. The van der Waals surface area contributed by atoms with E-state index in [4.69, 9.17) is 0 Å². The van der Waals surface area contributed by atoms with Gasteiger partial charge in [-0.25, -0.2) is 0 Å². The van der Waals surface area contributed by atoms with Crippen LogP contribution in [-0.2, 0) is 5.41 Å². The topological polar surface area (TPSA) is 0 Å². The van der Waals surface area contributed by atoms with E-state index < -0.39 is 0 Å². The van der Waals surface area contributed by atoms with E-state index in [2.05, 4.69) is 81.6 Å². The number of hydrogen-bond donors (Lipinski definition) is 0. The Morgan fingerprint density at radius 3 is 2.19 bits per heavy atom. The van der Waals surface area contributed by atoms with E-state index in [9.17, 15) is 0 Å². The summed E-state index contributed by atoms with van der Waals surface area (Å²) in [5.41, 5.74) is 1.88. The fourth-order valence-electron chi connectivity index (χ4n) is 3.25. The largest absolute Gasteiger partial charge is 0.156 e. The molecule has 0 aromatic heterocycles. The highest BCUT2D eigenvalue weighted by molar-refractivity contribution is 8.09. The van der Waals surface area contributed by atoms with Crippen LogP contribution < -0.4 is 0 Å². The summed E-state index contributed by atoms with van der Waals surface area (Å²) in [6, 6.07) is 11.2. The van der Waals surface area contributed by atoms with Gasteiger partial charge in [0.1, 0.15) is 0 Å². The molecular formula is C19H30S2. The van der Waals surface area contributed by atoms with Crippen LogP contribution >= 0.6 is 23.5 Å². The van der Waals surface area contributed by atoms with Gasteiger partial charge in [-0.1, -0.05) is 58.0 Å². The molecule has 0 saturated carbocycles. The van der Waals surface area contributed by atoms with Crippen LogP contribution in [0.1, 0.15) is 58.9 Å². The van der Waals surface area contributed by atoms with Gasteiger partial charge in [-0.15, -0.1) is 0 Å². The Bertz CT molecular complexity index is 420. The van der Waals surface area contributed by atoms with E-state index in [1.807, 2.05) is 0 Å². The average Bonchev–Trinajstić information content (AvgIpc) is 3.36. The molecule has 2 rings (SSSR count). The SMILES string of the molecule is CCC(C)(CC(CC)(CC)c1ccccc1)SC[C@@H]1CS1. The fraction of sp³-hybridized carbons (Fsp3) is 0.684. The second kappa shape index (κ2) is 7.46. The lowest BCUT2D eigenvalue weighted by molar-refractivity contribution is 0.320. The van der Waals surface area contributed by atoms with Crippen molar-refractivity contribution in [3.63, 3.8) is 0 Å². The molecule has 0 spiro atoms. The molecule has 0 bridgehead atoms. The summed E-state index contributed by atoms with van der Waals surface area (Å²) in [7, 11) is 0. The minimum Gasteiger partial charge on any atom is -0.156 e. The third-order valence-electron chi connectivity index (χ3n) is 5.22. The first-order valence-electron chi connectivity index (χ1n) is 8.38. The van der Waals surface area contributed by atoms with Crippen molar-refractivity contribution < 1.29 is 0 Å². The van der Waals surface area contributed by atoms with Crippen molar-refractivity contribution in [3.05, 3.63) is 35.9 Å². The van der Waals surface area contributed by atoms with Gasteiger partial charge in [0, 0.05) is 21.5 Å². The van der Waals surface area contributed by atoms with E-state index in [-0.39, 0.29) is 0 Å². The highest BCUT2D eigenvalue weighted by Crippen LogP contribution is 2.47. The molecule has 2 atom stereocenters. The molecule has 118 valence electrons. The predicted octanol–water partition coefficient (Wildman–Crippen LogP) is 6.15. The van der Waals surface area contributed by atoms with Crippen LogP contribution in [-0.4, -0.2) is 21.5 Å². The van der Waals surface area contributed by atoms with Gasteiger partial charge in [0.25, 0.3) is 0 Å². The van der Waals surface area contributed by atoms with Crippen LogP contribution in [0.5, 0.6) is 0 Å². The highest BCUT2D eigenvalue weighted by Gasteiger charge is 2.38. The molecular weight excluding hydrogens is 292 g/mol. The van der Waals surface area contributed by atoms with Crippen molar-refractivity contribution in [2.75, 3.05) is 11.5 Å². The van der Waals surface area contributed by atoms with Gasteiger partial charge in [-0.2, -0.15) is 23.5 Å². The average molecular weight is 323 g/mol. The fourth-order valence-corrected chi connectivity index (χ4v) is 5.54. The molecule has 0 N–H and O–H groups in total. The summed E-state index contributed by atoms with van der Waals surface area (Å²) in [4.78, 5) is 0. The molecule has 0 aliphatic carbocycles. The molecule has 0 radical (unpaired) electrons. The Hall–Kier alpha value is -0.0800. The number of benzene rings is 1. The van der Waals surface area contributed by atoms with Crippen molar-refractivity contribution in [3.8, 4) is 0 Å². The minimum atomic E-state index is 0.343. The molecule has 0 amide bonds. The Labute approximate surface area is 139 Å². The monoisotopic (exact) mass is 322 g/mol. The van der Waals surface area contributed by atoms with Crippen LogP contribution in [0.4, 0.5) is 0 Å². The first kappa shape index (κ1) is 17.3. The van der Waals surface area contributed by atoms with Crippen molar-refractivity contribution in [1.29, 1.82) is 0 Å². The molecule has 1 aliphatic rings. The third kappa shape index (κ3) is 4.45. The normalized spacial score (nSPS) is 21.0. The number of thioether (sulfide) groups is 2.